The molecule has 2 rings (SSSR count). The molecule has 1 fully saturated rings. The molecule has 5 heteroatoms. The van der Waals surface area contributed by atoms with Crippen LogP contribution in [0.15, 0.2) is 11.5 Å². The van der Waals surface area contributed by atoms with Crippen LogP contribution in [0, 0.1) is 5.41 Å². The van der Waals surface area contributed by atoms with Gasteiger partial charge in [-0.2, -0.15) is 0 Å². The van der Waals surface area contributed by atoms with Crippen molar-refractivity contribution in [3.05, 3.63) is 6.33 Å². The average molecular weight is 240 g/mol. The number of nitrogens with zero attached hydrogens (tertiary/aromatic N) is 3. The third kappa shape index (κ3) is 2.11. The molecule has 1 saturated carbocycles. The normalized spacial score (nSPS) is 28.5. The fraction of sp³-hybridized carbons (Fsp3) is 0.818. The van der Waals surface area contributed by atoms with Gasteiger partial charge in [-0.25, -0.2) is 0 Å². The van der Waals surface area contributed by atoms with E-state index < -0.39 is 0 Å². The van der Waals surface area contributed by atoms with Crippen molar-refractivity contribution in [2.24, 2.45) is 12.5 Å². The Labute approximate surface area is 101 Å². The Morgan fingerprint density at radius 2 is 2.31 bits per heavy atom. The summed E-state index contributed by atoms with van der Waals surface area (Å²) in [6, 6.07) is 0.550. The lowest BCUT2D eigenvalue weighted by atomic mass is 9.87. The number of hydrogen-bond donors (Lipinski definition) is 1. The molecule has 0 aliphatic heterocycles. The van der Waals surface area contributed by atoms with Crippen molar-refractivity contribution in [2.75, 3.05) is 7.05 Å². The molecular formula is C11H20N4S. The maximum Gasteiger partial charge on any atom is 0.191 e. The highest BCUT2D eigenvalue weighted by atomic mass is 32.2. The Kier molecular flexibility index (Phi) is 3.26. The Hall–Kier alpha value is -0.550. The van der Waals surface area contributed by atoms with Crippen molar-refractivity contribution in [3.8, 4) is 0 Å². The summed E-state index contributed by atoms with van der Waals surface area (Å²) < 4.78 is 1.99. The van der Waals surface area contributed by atoms with Gasteiger partial charge >= 0.3 is 0 Å². The van der Waals surface area contributed by atoms with Crippen molar-refractivity contribution in [1.29, 1.82) is 0 Å². The van der Waals surface area contributed by atoms with E-state index in [4.69, 9.17) is 0 Å². The van der Waals surface area contributed by atoms with Crippen LogP contribution in [-0.2, 0) is 7.05 Å². The van der Waals surface area contributed by atoms with Crippen molar-refractivity contribution in [2.45, 2.75) is 43.1 Å². The second-order valence-corrected chi connectivity index (χ2v) is 6.38. The summed E-state index contributed by atoms with van der Waals surface area (Å²) in [4.78, 5) is 0. The van der Waals surface area contributed by atoms with E-state index in [-0.39, 0.29) is 0 Å². The third-order valence-corrected chi connectivity index (χ3v) is 4.92. The molecule has 0 spiro atoms. The van der Waals surface area contributed by atoms with Gasteiger partial charge in [-0.1, -0.05) is 25.6 Å². The second-order valence-electron chi connectivity index (χ2n) is 5.17. The van der Waals surface area contributed by atoms with Gasteiger partial charge in [-0.3, -0.25) is 0 Å². The van der Waals surface area contributed by atoms with Gasteiger partial charge in [-0.15, -0.1) is 10.2 Å². The van der Waals surface area contributed by atoms with Crippen molar-refractivity contribution < 1.29 is 0 Å². The number of rotatable bonds is 3. The average Bonchev–Trinajstić information content (AvgIpc) is 2.73. The van der Waals surface area contributed by atoms with Crippen LogP contribution in [0.5, 0.6) is 0 Å². The molecule has 4 nitrogen and oxygen atoms in total. The SMILES string of the molecule is CNC1C(Sc2nncn2C)CCC1(C)C. The van der Waals surface area contributed by atoms with Gasteiger partial charge in [0.25, 0.3) is 0 Å². The number of aryl methyl sites for hydroxylation is 1. The Balaban J connectivity index is 2.09. The summed E-state index contributed by atoms with van der Waals surface area (Å²) in [5.41, 5.74) is 0.380. The van der Waals surface area contributed by atoms with E-state index in [1.54, 1.807) is 6.33 Å². The molecule has 0 saturated heterocycles. The number of thioether (sulfide) groups is 1. The van der Waals surface area contributed by atoms with Gasteiger partial charge in [0.1, 0.15) is 6.33 Å². The Bertz CT molecular complexity index is 361. The number of hydrogen-bond acceptors (Lipinski definition) is 4. The molecular weight excluding hydrogens is 220 g/mol. The lowest BCUT2D eigenvalue weighted by molar-refractivity contribution is 0.300. The van der Waals surface area contributed by atoms with E-state index >= 15 is 0 Å². The maximum absolute atomic E-state index is 4.14. The highest BCUT2D eigenvalue weighted by Gasteiger charge is 2.41. The molecule has 0 radical (unpaired) electrons. The summed E-state index contributed by atoms with van der Waals surface area (Å²) in [6.07, 6.45) is 4.28. The van der Waals surface area contributed by atoms with E-state index in [0.29, 0.717) is 16.7 Å². The van der Waals surface area contributed by atoms with Gasteiger partial charge in [-0.05, 0) is 25.3 Å². The molecule has 2 unspecified atom stereocenters. The molecule has 0 aromatic carbocycles. The predicted molar refractivity (Wildman–Crippen MR) is 66.5 cm³/mol. The minimum Gasteiger partial charge on any atom is -0.315 e. The third-order valence-electron chi connectivity index (χ3n) is 3.52. The zero-order valence-electron chi connectivity index (χ0n) is 10.4. The zero-order valence-corrected chi connectivity index (χ0v) is 11.2. The van der Waals surface area contributed by atoms with E-state index in [2.05, 4.69) is 36.4 Å². The van der Waals surface area contributed by atoms with Crippen LogP contribution in [0.4, 0.5) is 0 Å². The summed E-state index contributed by atoms with van der Waals surface area (Å²) in [5.74, 6) is 0. The molecule has 0 amide bonds. The lowest BCUT2D eigenvalue weighted by Crippen LogP contribution is -2.41. The fourth-order valence-corrected chi connectivity index (χ4v) is 4.01. The fourth-order valence-electron chi connectivity index (χ4n) is 2.56. The number of aromatic nitrogens is 3. The monoisotopic (exact) mass is 240 g/mol. The van der Waals surface area contributed by atoms with Crippen LogP contribution in [0.2, 0.25) is 0 Å². The summed E-state index contributed by atoms with van der Waals surface area (Å²) in [5, 5.41) is 13.1. The quantitative estimate of drug-likeness (QED) is 0.873. The Morgan fingerprint density at radius 3 is 2.88 bits per heavy atom. The molecule has 16 heavy (non-hydrogen) atoms. The smallest absolute Gasteiger partial charge is 0.191 e. The summed E-state index contributed by atoms with van der Waals surface area (Å²) >= 11 is 1.85. The standard InChI is InChI=1S/C11H20N4S/c1-11(2)6-5-8(9(11)12-3)16-10-14-13-7-15(10)4/h7-9,12H,5-6H2,1-4H3. The van der Waals surface area contributed by atoms with Crippen LogP contribution >= 0.6 is 11.8 Å². The number of nitrogens with one attached hydrogen (secondary N) is 1. The first-order valence-corrected chi connectivity index (χ1v) is 6.60. The topological polar surface area (TPSA) is 42.7 Å². The van der Waals surface area contributed by atoms with Gasteiger partial charge in [0, 0.05) is 18.3 Å². The van der Waals surface area contributed by atoms with Crippen molar-refractivity contribution in [1.82, 2.24) is 20.1 Å². The molecule has 1 aliphatic carbocycles. The van der Waals surface area contributed by atoms with Crippen molar-refractivity contribution in [3.63, 3.8) is 0 Å². The van der Waals surface area contributed by atoms with Gasteiger partial charge in [0.05, 0.1) is 0 Å². The summed E-state index contributed by atoms with van der Waals surface area (Å²) in [7, 11) is 4.05. The second kappa shape index (κ2) is 4.37. The molecule has 0 bridgehead atoms. The molecule has 1 aliphatic rings. The molecule has 1 aromatic rings. The highest BCUT2D eigenvalue weighted by Crippen LogP contribution is 2.44. The minimum atomic E-state index is 0.380. The lowest BCUT2D eigenvalue weighted by Gasteiger charge is -2.29. The molecule has 1 aromatic heterocycles. The molecule has 1 N–H and O–H groups in total. The molecule has 1 heterocycles. The van der Waals surface area contributed by atoms with Crippen LogP contribution in [0.3, 0.4) is 0 Å². The van der Waals surface area contributed by atoms with Crippen LogP contribution in [-0.4, -0.2) is 33.1 Å². The van der Waals surface area contributed by atoms with Crippen LogP contribution in [0.1, 0.15) is 26.7 Å². The van der Waals surface area contributed by atoms with E-state index in [1.807, 2.05) is 23.4 Å². The summed E-state index contributed by atoms with van der Waals surface area (Å²) in [6.45, 7) is 4.68. The van der Waals surface area contributed by atoms with Crippen LogP contribution in [0.25, 0.3) is 0 Å². The zero-order chi connectivity index (χ0) is 11.8. The van der Waals surface area contributed by atoms with Crippen LogP contribution < -0.4 is 5.32 Å². The van der Waals surface area contributed by atoms with Gasteiger partial charge in [0.15, 0.2) is 5.16 Å². The Morgan fingerprint density at radius 1 is 1.56 bits per heavy atom. The first-order valence-electron chi connectivity index (χ1n) is 5.72. The predicted octanol–water partition coefficient (Wildman–Crippen LogP) is 1.68. The largest absolute Gasteiger partial charge is 0.315 e. The highest BCUT2D eigenvalue weighted by molar-refractivity contribution is 7.99. The van der Waals surface area contributed by atoms with Crippen molar-refractivity contribution >= 4 is 11.8 Å². The first kappa shape index (κ1) is 11.9. The minimum absolute atomic E-state index is 0.380. The molecule has 2 atom stereocenters. The van der Waals surface area contributed by atoms with Gasteiger partial charge < -0.3 is 9.88 Å². The van der Waals surface area contributed by atoms with E-state index in [1.165, 1.54) is 12.8 Å². The first-order chi connectivity index (χ1) is 7.54. The van der Waals surface area contributed by atoms with E-state index in [0.717, 1.165) is 5.16 Å². The van der Waals surface area contributed by atoms with Gasteiger partial charge in [0.2, 0.25) is 0 Å². The van der Waals surface area contributed by atoms with E-state index in [9.17, 15) is 0 Å². The maximum atomic E-state index is 4.14. The molecule has 90 valence electrons.